The van der Waals surface area contributed by atoms with Gasteiger partial charge in [-0.25, -0.2) is 4.79 Å². The second kappa shape index (κ2) is 5.64. The molecule has 1 N–H and O–H groups in total. The lowest BCUT2D eigenvalue weighted by molar-refractivity contribution is -0.131. The Morgan fingerprint density at radius 3 is 2.78 bits per heavy atom. The number of ketones is 1. The highest BCUT2D eigenvalue weighted by Gasteiger charge is 2.22. The summed E-state index contributed by atoms with van der Waals surface area (Å²) in [6.07, 6.45) is 1.62. The summed E-state index contributed by atoms with van der Waals surface area (Å²) < 4.78 is 10.9. The van der Waals surface area contributed by atoms with Crippen molar-refractivity contribution in [3.8, 4) is 5.75 Å². The molecule has 1 atom stereocenters. The van der Waals surface area contributed by atoms with Gasteiger partial charge in [0.25, 0.3) is 5.78 Å². The van der Waals surface area contributed by atoms with Crippen molar-refractivity contribution in [1.82, 2.24) is 0 Å². The first kappa shape index (κ1) is 12.6. The Labute approximate surface area is 104 Å². The Kier molecular flexibility index (Phi) is 3.94. The van der Waals surface area contributed by atoms with Crippen LogP contribution in [0.2, 0.25) is 0 Å². The fraction of sp³-hybridized carbons (Fsp3) is 0.385. The van der Waals surface area contributed by atoms with E-state index in [1.165, 1.54) is 6.07 Å². The van der Waals surface area contributed by atoms with E-state index in [1.54, 1.807) is 18.2 Å². The molecule has 18 heavy (non-hydrogen) atoms. The summed E-state index contributed by atoms with van der Waals surface area (Å²) in [5.41, 5.74) is 0.0792. The van der Waals surface area contributed by atoms with E-state index in [9.17, 15) is 9.59 Å². The number of rotatable bonds is 4. The Bertz CT molecular complexity index is 448. The first-order valence-electron chi connectivity index (χ1n) is 5.79. The van der Waals surface area contributed by atoms with Gasteiger partial charge in [0.15, 0.2) is 0 Å². The van der Waals surface area contributed by atoms with Crippen LogP contribution in [0, 0.1) is 0 Å². The van der Waals surface area contributed by atoms with Crippen molar-refractivity contribution in [2.75, 3.05) is 13.2 Å². The number of para-hydroxylation sites is 1. The number of benzene rings is 1. The summed E-state index contributed by atoms with van der Waals surface area (Å²) >= 11 is 0. The monoisotopic (exact) mass is 250 g/mol. The normalized spacial score (nSPS) is 19.2. The highest BCUT2D eigenvalue weighted by atomic mass is 16.5. The van der Waals surface area contributed by atoms with Gasteiger partial charge in [-0.2, -0.15) is 0 Å². The Morgan fingerprint density at radius 2 is 2.11 bits per heavy atom. The zero-order chi connectivity index (χ0) is 13.0. The van der Waals surface area contributed by atoms with Crippen LogP contribution in [0.5, 0.6) is 5.75 Å². The van der Waals surface area contributed by atoms with Crippen LogP contribution in [0.3, 0.4) is 0 Å². The molecule has 1 aromatic carbocycles. The van der Waals surface area contributed by atoms with Gasteiger partial charge in [-0.1, -0.05) is 12.1 Å². The molecule has 5 heteroatoms. The van der Waals surface area contributed by atoms with E-state index in [0.29, 0.717) is 12.4 Å². The fourth-order valence-electron chi connectivity index (χ4n) is 1.86. The van der Waals surface area contributed by atoms with Gasteiger partial charge in [0.2, 0.25) is 0 Å². The third-order valence-corrected chi connectivity index (χ3v) is 2.74. The van der Waals surface area contributed by atoms with Gasteiger partial charge in [-0.15, -0.1) is 0 Å². The molecule has 1 saturated heterocycles. The molecule has 0 amide bonds. The summed E-state index contributed by atoms with van der Waals surface area (Å²) in [6.45, 7) is 1.19. The average Bonchev–Trinajstić information content (AvgIpc) is 2.39. The molecule has 2 rings (SSSR count). The number of hydrogen-bond donors (Lipinski definition) is 1. The number of ether oxygens (including phenoxy) is 2. The van der Waals surface area contributed by atoms with E-state index < -0.39 is 11.8 Å². The van der Waals surface area contributed by atoms with Gasteiger partial charge in [-0.3, -0.25) is 4.79 Å². The van der Waals surface area contributed by atoms with Gasteiger partial charge < -0.3 is 14.6 Å². The number of hydrogen-bond acceptors (Lipinski definition) is 4. The first-order valence-corrected chi connectivity index (χ1v) is 5.79. The molecule has 5 nitrogen and oxygen atoms in total. The van der Waals surface area contributed by atoms with Gasteiger partial charge in [0, 0.05) is 6.61 Å². The molecule has 0 saturated carbocycles. The van der Waals surface area contributed by atoms with Crippen LogP contribution in [0.4, 0.5) is 0 Å². The molecule has 1 heterocycles. The van der Waals surface area contributed by atoms with E-state index in [1.807, 2.05) is 0 Å². The van der Waals surface area contributed by atoms with E-state index in [4.69, 9.17) is 14.6 Å². The number of aliphatic carboxylic acids is 1. The summed E-state index contributed by atoms with van der Waals surface area (Å²) in [5, 5.41) is 8.74. The van der Waals surface area contributed by atoms with E-state index in [0.717, 1.165) is 19.4 Å². The average molecular weight is 250 g/mol. The molecule has 1 unspecified atom stereocenters. The number of carbonyl (C=O) groups excluding carboxylic acids is 1. The van der Waals surface area contributed by atoms with Crippen LogP contribution < -0.4 is 4.74 Å². The summed E-state index contributed by atoms with van der Waals surface area (Å²) in [4.78, 5) is 22.2. The minimum atomic E-state index is -1.48. The highest BCUT2D eigenvalue weighted by molar-refractivity contribution is 6.40. The van der Waals surface area contributed by atoms with Gasteiger partial charge in [0.1, 0.15) is 11.9 Å². The molecule has 1 aliphatic heterocycles. The molecule has 1 aromatic rings. The quantitative estimate of drug-likeness (QED) is 0.647. The highest BCUT2D eigenvalue weighted by Crippen LogP contribution is 2.22. The molecule has 1 aliphatic rings. The molecule has 0 aromatic heterocycles. The smallest absolute Gasteiger partial charge is 0.377 e. The minimum Gasteiger partial charge on any atom is -0.487 e. The maximum Gasteiger partial charge on any atom is 0.377 e. The molecular formula is C13H14O5. The third-order valence-electron chi connectivity index (χ3n) is 2.74. The minimum absolute atomic E-state index is 0.0792. The summed E-state index contributed by atoms with van der Waals surface area (Å²) in [6, 6.07) is 6.37. The van der Waals surface area contributed by atoms with Crippen molar-refractivity contribution in [2.24, 2.45) is 0 Å². The lowest BCUT2D eigenvalue weighted by atomic mass is 10.1. The zero-order valence-corrected chi connectivity index (χ0v) is 9.80. The Morgan fingerprint density at radius 1 is 1.33 bits per heavy atom. The Hall–Kier alpha value is -1.88. The van der Waals surface area contributed by atoms with Crippen LogP contribution in [0.1, 0.15) is 23.2 Å². The number of carboxylic acid groups (broad SMARTS) is 1. The second-order valence-electron chi connectivity index (χ2n) is 4.09. The topological polar surface area (TPSA) is 72.8 Å². The van der Waals surface area contributed by atoms with Crippen LogP contribution in [0.25, 0.3) is 0 Å². The number of carbonyl (C=O) groups is 2. The number of carboxylic acids is 1. The predicted octanol–water partition coefficient (Wildman–Crippen LogP) is 1.51. The molecule has 0 spiro atoms. The molecular weight excluding hydrogens is 236 g/mol. The van der Waals surface area contributed by atoms with Gasteiger partial charge in [0.05, 0.1) is 12.2 Å². The van der Waals surface area contributed by atoms with E-state index in [-0.39, 0.29) is 11.7 Å². The van der Waals surface area contributed by atoms with Crippen molar-refractivity contribution < 1.29 is 24.2 Å². The third kappa shape index (κ3) is 2.87. The largest absolute Gasteiger partial charge is 0.487 e. The lowest BCUT2D eigenvalue weighted by Crippen LogP contribution is -2.29. The summed E-state index contributed by atoms with van der Waals surface area (Å²) in [5.74, 6) is -2.13. The fourth-order valence-corrected chi connectivity index (χ4v) is 1.86. The maximum absolute atomic E-state index is 11.5. The van der Waals surface area contributed by atoms with Gasteiger partial charge in [-0.05, 0) is 25.0 Å². The predicted molar refractivity (Wildman–Crippen MR) is 62.9 cm³/mol. The SMILES string of the molecule is O=C(O)C(=O)c1ccccc1OC1CCCOC1. The van der Waals surface area contributed by atoms with Crippen molar-refractivity contribution in [3.05, 3.63) is 29.8 Å². The van der Waals surface area contributed by atoms with Crippen LogP contribution in [-0.4, -0.2) is 36.2 Å². The second-order valence-corrected chi connectivity index (χ2v) is 4.09. The maximum atomic E-state index is 11.5. The molecule has 0 radical (unpaired) electrons. The van der Waals surface area contributed by atoms with Crippen molar-refractivity contribution in [1.29, 1.82) is 0 Å². The van der Waals surface area contributed by atoms with Crippen LogP contribution >= 0.6 is 0 Å². The molecule has 1 fully saturated rings. The molecule has 0 bridgehead atoms. The van der Waals surface area contributed by atoms with Crippen LogP contribution in [0.15, 0.2) is 24.3 Å². The summed E-state index contributed by atoms with van der Waals surface area (Å²) in [7, 11) is 0. The Balaban J connectivity index is 2.16. The standard InChI is InChI=1S/C13H14O5/c14-12(13(15)16)10-5-1-2-6-11(10)18-9-4-3-7-17-8-9/h1-2,5-6,9H,3-4,7-8H2,(H,15,16). The van der Waals surface area contributed by atoms with Gasteiger partial charge >= 0.3 is 5.97 Å². The zero-order valence-electron chi connectivity index (χ0n) is 9.80. The van der Waals surface area contributed by atoms with Crippen molar-refractivity contribution >= 4 is 11.8 Å². The van der Waals surface area contributed by atoms with E-state index in [2.05, 4.69) is 0 Å². The molecule has 96 valence electrons. The first-order chi connectivity index (χ1) is 8.68. The number of Topliss-reactive ketones (excluding diaryl/α,β-unsaturated/α-hetero) is 1. The van der Waals surface area contributed by atoms with E-state index >= 15 is 0 Å². The lowest BCUT2D eigenvalue weighted by Gasteiger charge is -2.24. The van der Waals surface area contributed by atoms with Crippen molar-refractivity contribution in [3.63, 3.8) is 0 Å². The van der Waals surface area contributed by atoms with Crippen molar-refractivity contribution in [2.45, 2.75) is 18.9 Å². The van der Waals surface area contributed by atoms with Crippen LogP contribution in [-0.2, 0) is 9.53 Å². The molecule has 0 aliphatic carbocycles.